The number of aryl methyl sites for hydroxylation is 2. The number of rotatable bonds is 2. The Morgan fingerprint density at radius 2 is 2.41 bits per heavy atom. The predicted molar refractivity (Wildman–Crippen MR) is 64.8 cm³/mol. The Morgan fingerprint density at radius 3 is 3.18 bits per heavy atom. The predicted octanol–water partition coefficient (Wildman–Crippen LogP) is 0.457. The van der Waals surface area contributed by atoms with E-state index in [1.165, 1.54) is 5.56 Å². The van der Waals surface area contributed by atoms with Crippen molar-refractivity contribution in [3.8, 4) is 0 Å². The molecule has 1 aromatic heterocycles. The Hall–Kier alpha value is -1.36. The van der Waals surface area contributed by atoms with Crippen molar-refractivity contribution < 1.29 is 4.79 Å². The van der Waals surface area contributed by atoms with Crippen molar-refractivity contribution in [2.75, 3.05) is 18.4 Å². The van der Waals surface area contributed by atoms with Crippen LogP contribution in [0.1, 0.15) is 24.1 Å². The average Bonchev–Trinajstić information content (AvgIpc) is 2.98. The van der Waals surface area contributed by atoms with E-state index < -0.39 is 0 Å². The molecule has 1 aromatic rings. The van der Waals surface area contributed by atoms with Crippen LogP contribution in [0.5, 0.6) is 0 Å². The van der Waals surface area contributed by atoms with Gasteiger partial charge in [0.05, 0.1) is 11.6 Å². The molecular weight excluding hydrogens is 216 g/mol. The Morgan fingerprint density at radius 1 is 1.53 bits per heavy atom. The number of hydrogen-bond donors (Lipinski definition) is 2. The maximum absolute atomic E-state index is 12.1. The van der Waals surface area contributed by atoms with Gasteiger partial charge in [-0.15, -0.1) is 0 Å². The lowest BCUT2D eigenvalue weighted by molar-refractivity contribution is -0.119. The van der Waals surface area contributed by atoms with E-state index in [9.17, 15) is 4.79 Å². The van der Waals surface area contributed by atoms with Gasteiger partial charge in [0.25, 0.3) is 0 Å². The van der Waals surface area contributed by atoms with Gasteiger partial charge in [-0.3, -0.25) is 9.48 Å². The zero-order chi connectivity index (χ0) is 11.8. The van der Waals surface area contributed by atoms with Crippen molar-refractivity contribution in [3.05, 3.63) is 11.3 Å². The SMILES string of the molecule is Cn1nc2c(c1NC(=O)C1CCNC1)CCC2. The monoisotopic (exact) mass is 234 g/mol. The number of amides is 1. The fourth-order valence-corrected chi connectivity index (χ4v) is 2.77. The molecule has 1 atom stereocenters. The number of aromatic nitrogens is 2. The van der Waals surface area contributed by atoms with E-state index in [0.29, 0.717) is 0 Å². The van der Waals surface area contributed by atoms with E-state index in [1.807, 2.05) is 11.7 Å². The van der Waals surface area contributed by atoms with Crippen molar-refractivity contribution in [2.45, 2.75) is 25.7 Å². The van der Waals surface area contributed by atoms with Gasteiger partial charge in [0.2, 0.25) is 5.91 Å². The van der Waals surface area contributed by atoms with Crippen LogP contribution in [0.3, 0.4) is 0 Å². The van der Waals surface area contributed by atoms with Crippen LogP contribution in [-0.4, -0.2) is 28.8 Å². The van der Waals surface area contributed by atoms with E-state index in [2.05, 4.69) is 15.7 Å². The molecule has 5 heteroatoms. The van der Waals surface area contributed by atoms with Crippen LogP contribution in [0.15, 0.2) is 0 Å². The summed E-state index contributed by atoms with van der Waals surface area (Å²) < 4.78 is 1.81. The van der Waals surface area contributed by atoms with E-state index in [0.717, 1.165) is 50.3 Å². The summed E-state index contributed by atoms with van der Waals surface area (Å²) >= 11 is 0. The standard InChI is InChI=1S/C12H18N4O/c1-16-11(9-3-2-4-10(9)15-16)14-12(17)8-5-6-13-7-8/h8,13H,2-7H2,1H3,(H,14,17). The number of nitrogens with one attached hydrogen (secondary N) is 2. The van der Waals surface area contributed by atoms with Crippen molar-refractivity contribution in [2.24, 2.45) is 13.0 Å². The number of nitrogens with zero attached hydrogens (tertiary/aromatic N) is 2. The second kappa shape index (κ2) is 4.14. The second-order valence-electron chi connectivity index (χ2n) is 4.93. The Labute approximate surface area is 101 Å². The van der Waals surface area contributed by atoms with Crippen LogP contribution in [-0.2, 0) is 24.7 Å². The van der Waals surface area contributed by atoms with Crippen LogP contribution < -0.4 is 10.6 Å². The van der Waals surface area contributed by atoms with Crippen molar-refractivity contribution >= 4 is 11.7 Å². The Kier molecular flexibility index (Phi) is 2.63. The highest BCUT2D eigenvalue weighted by Gasteiger charge is 2.26. The summed E-state index contributed by atoms with van der Waals surface area (Å²) in [6.45, 7) is 1.74. The molecule has 1 unspecified atom stereocenters. The lowest BCUT2D eigenvalue weighted by atomic mass is 10.1. The largest absolute Gasteiger partial charge is 0.316 e. The van der Waals surface area contributed by atoms with Crippen LogP contribution in [0, 0.1) is 5.92 Å². The van der Waals surface area contributed by atoms with Crippen LogP contribution in [0.2, 0.25) is 0 Å². The average molecular weight is 234 g/mol. The normalized spacial score (nSPS) is 22.8. The Balaban J connectivity index is 1.78. The van der Waals surface area contributed by atoms with Crippen molar-refractivity contribution in [1.29, 1.82) is 0 Å². The molecule has 1 amide bonds. The van der Waals surface area contributed by atoms with Crippen molar-refractivity contribution in [3.63, 3.8) is 0 Å². The molecule has 0 radical (unpaired) electrons. The summed E-state index contributed by atoms with van der Waals surface area (Å²) in [7, 11) is 1.90. The summed E-state index contributed by atoms with van der Waals surface area (Å²) in [5.74, 6) is 1.16. The third kappa shape index (κ3) is 1.84. The van der Waals surface area contributed by atoms with Gasteiger partial charge < -0.3 is 10.6 Å². The van der Waals surface area contributed by atoms with Gasteiger partial charge in [-0.05, 0) is 32.2 Å². The molecular formula is C12H18N4O. The molecule has 3 rings (SSSR count). The van der Waals surface area contributed by atoms with Crippen LogP contribution in [0.4, 0.5) is 5.82 Å². The van der Waals surface area contributed by atoms with Gasteiger partial charge >= 0.3 is 0 Å². The smallest absolute Gasteiger partial charge is 0.229 e. The molecule has 0 bridgehead atoms. The third-order valence-electron chi connectivity index (χ3n) is 3.74. The molecule has 1 saturated heterocycles. The first-order valence-electron chi connectivity index (χ1n) is 6.32. The molecule has 0 saturated carbocycles. The van der Waals surface area contributed by atoms with E-state index in [-0.39, 0.29) is 11.8 Å². The van der Waals surface area contributed by atoms with Gasteiger partial charge in [-0.2, -0.15) is 5.10 Å². The minimum absolute atomic E-state index is 0.113. The molecule has 2 heterocycles. The zero-order valence-corrected chi connectivity index (χ0v) is 10.1. The van der Waals surface area contributed by atoms with Gasteiger partial charge in [-0.25, -0.2) is 0 Å². The molecule has 5 nitrogen and oxygen atoms in total. The number of fused-ring (bicyclic) bond motifs is 1. The minimum Gasteiger partial charge on any atom is -0.316 e. The topological polar surface area (TPSA) is 59.0 Å². The first-order chi connectivity index (χ1) is 8.25. The quantitative estimate of drug-likeness (QED) is 0.781. The molecule has 0 aromatic carbocycles. The molecule has 0 spiro atoms. The molecule has 2 aliphatic rings. The zero-order valence-electron chi connectivity index (χ0n) is 10.1. The van der Waals surface area contributed by atoms with E-state index >= 15 is 0 Å². The molecule has 2 N–H and O–H groups in total. The van der Waals surface area contributed by atoms with Crippen molar-refractivity contribution in [1.82, 2.24) is 15.1 Å². The van der Waals surface area contributed by atoms with Gasteiger partial charge in [0.1, 0.15) is 5.82 Å². The maximum Gasteiger partial charge on any atom is 0.229 e. The van der Waals surface area contributed by atoms with Crippen LogP contribution >= 0.6 is 0 Å². The third-order valence-corrected chi connectivity index (χ3v) is 3.74. The number of carbonyl (C=O) groups excluding carboxylic acids is 1. The number of hydrogen-bond acceptors (Lipinski definition) is 3. The molecule has 17 heavy (non-hydrogen) atoms. The van der Waals surface area contributed by atoms with Gasteiger partial charge in [0, 0.05) is 19.2 Å². The summed E-state index contributed by atoms with van der Waals surface area (Å²) in [5.41, 5.74) is 2.40. The maximum atomic E-state index is 12.1. The lowest BCUT2D eigenvalue weighted by Crippen LogP contribution is -2.26. The highest BCUT2D eigenvalue weighted by molar-refractivity contribution is 5.93. The first kappa shape index (κ1) is 10.8. The Bertz CT molecular complexity index is 446. The van der Waals surface area contributed by atoms with E-state index in [4.69, 9.17) is 0 Å². The van der Waals surface area contributed by atoms with Gasteiger partial charge in [-0.1, -0.05) is 0 Å². The lowest BCUT2D eigenvalue weighted by Gasteiger charge is -2.11. The summed E-state index contributed by atoms with van der Waals surface area (Å²) in [4.78, 5) is 12.1. The van der Waals surface area contributed by atoms with Crippen LogP contribution in [0.25, 0.3) is 0 Å². The molecule has 92 valence electrons. The minimum atomic E-state index is 0.113. The summed E-state index contributed by atoms with van der Waals surface area (Å²) in [6, 6.07) is 0. The number of carbonyl (C=O) groups is 1. The fourth-order valence-electron chi connectivity index (χ4n) is 2.77. The number of anilines is 1. The molecule has 1 aliphatic carbocycles. The second-order valence-corrected chi connectivity index (χ2v) is 4.93. The summed E-state index contributed by atoms with van der Waals surface area (Å²) in [6.07, 6.45) is 4.18. The molecule has 1 aliphatic heterocycles. The fraction of sp³-hybridized carbons (Fsp3) is 0.667. The molecule has 1 fully saturated rings. The summed E-state index contributed by atoms with van der Waals surface area (Å²) in [5, 5.41) is 10.7. The first-order valence-corrected chi connectivity index (χ1v) is 6.32. The highest BCUT2D eigenvalue weighted by atomic mass is 16.2. The highest BCUT2D eigenvalue weighted by Crippen LogP contribution is 2.28. The van der Waals surface area contributed by atoms with E-state index in [1.54, 1.807) is 0 Å². The van der Waals surface area contributed by atoms with Gasteiger partial charge in [0.15, 0.2) is 0 Å².